The topological polar surface area (TPSA) is 92.3 Å². The first-order valence-corrected chi connectivity index (χ1v) is 22.5. The van der Waals surface area contributed by atoms with E-state index in [4.69, 9.17) is 47.4 Å². The largest absolute Gasteiger partial charge is 0.491 e. The number of benzene rings is 2. The number of ether oxygens (including phenoxy) is 10. The van der Waals surface area contributed by atoms with Gasteiger partial charge >= 0.3 is 0 Å². The molecule has 2 aromatic rings. The Hall–Kier alpha value is -4.48. The average molecular weight is 843 g/mol. The molecule has 0 saturated carbocycles. The molecule has 0 heterocycles. The van der Waals surface area contributed by atoms with Gasteiger partial charge in [-0.3, -0.25) is 0 Å². The molecule has 10 heteroatoms. The van der Waals surface area contributed by atoms with Crippen molar-refractivity contribution in [2.75, 3.05) is 52.9 Å². The van der Waals surface area contributed by atoms with Crippen LogP contribution in [0.5, 0.6) is 0 Å². The maximum absolute atomic E-state index is 7.80. The highest BCUT2D eigenvalue weighted by Gasteiger charge is 2.81. The van der Waals surface area contributed by atoms with Gasteiger partial charge in [0.2, 0.25) is 11.5 Å². The van der Waals surface area contributed by atoms with Gasteiger partial charge in [0, 0.05) is 37.6 Å². The summed E-state index contributed by atoms with van der Waals surface area (Å²) in [6.45, 7) is 30.4. The zero-order chi connectivity index (χ0) is 44.2. The van der Waals surface area contributed by atoms with Crippen LogP contribution >= 0.6 is 0 Å². The summed E-state index contributed by atoms with van der Waals surface area (Å²) in [4.78, 5) is 0. The van der Waals surface area contributed by atoms with Crippen LogP contribution in [0.4, 0.5) is 0 Å². The van der Waals surface area contributed by atoms with Crippen molar-refractivity contribution in [1.82, 2.24) is 0 Å². The Balaban J connectivity index is 2.30. The van der Waals surface area contributed by atoms with E-state index >= 15 is 0 Å². The lowest BCUT2D eigenvalue weighted by Gasteiger charge is -2.63. The molecule has 2 aromatic carbocycles. The van der Waals surface area contributed by atoms with Crippen LogP contribution in [0.25, 0.3) is 11.1 Å². The van der Waals surface area contributed by atoms with Crippen LogP contribution < -0.4 is 0 Å². The van der Waals surface area contributed by atoms with Gasteiger partial charge in [-0.15, -0.1) is 0 Å². The predicted octanol–water partition coefficient (Wildman–Crippen LogP) is 11.3. The number of hydrogen-bond donors (Lipinski definition) is 0. The molecular formula is C51H70O10. The van der Waals surface area contributed by atoms with Crippen molar-refractivity contribution in [3.8, 4) is 11.1 Å². The lowest BCUT2D eigenvalue weighted by molar-refractivity contribution is -0.246. The third-order valence-corrected chi connectivity index (χ3v) is 11.5. The molecule has 4 atom stereocenters. The van der Waals surface area contributed by atoms with Gasteiger partial charge in [-0.2, -0.15) is 0 Å². The van der Waals surface area contributed by atoms with Crippen molar-refractivity contribution in [2.24, 2.45) is 0 Å². The zero-order valence-corrected chi connectivity index (χ0v) is 38.4. The monoisotopic (exact) mass is 842 g/mol. The molecule has 334 valence electrons. The first-order valence-electron chi connectivity index (χ1n) is 22.5. The first-order chi connectivity index (χ1) is 29.8. The molecule has 0 amide bonds. The summed E-state index contributed by atoms with van der Waals surface area (Å²) in [7, 11) is 0. The number of fused-ring (bicyclic) bond motifs is 3. The summed E-state index contributed by atoms with van der Waals surface area (Å²) in [5.41, 5.74) is 0.705. The molecule has 0 fully saturated rings. The van der Waals surface area contributed by atoms with E-state index < -0.39 is 28.8 Å². The van der Waals surface area contributed by atoms with Crippen LogP contribution in [0.15, 0.2) is 120 Å². The first kappa shape index (κ1) is 47.6. The predicted molar refractivity (Wildman–Crippen MR) is 239 cm³/mol. The fourth-order valence-corrected chi connectivity index (χ4v) is 10.2. The third-order valence-electron chi connectivity index (χ3n) is 11.5. The summed E-state index contributed by atoms with van der Waals surface area (Å²) in [6.07, 6.45) is 3.81. The van der Waals surface area contributed by atoms with Crippen LogP contribution in [-0.4, -0.2) is 76.3 Å². The maximum Gasteiger partial charge on any atom is 0.203 e. The second kappa shape index (κ2) is 21.5. The zero-order valence-electron chi connectivity index (χ0n) is 38.4. The van der Waals surface area contributed by atoms with Gasteiger partial charge in [0.15, 0.2) is 34.2 Å². The highest BCUT2D eigenvalue weighted by Crippen LogP contribution is 2.70. The lowest BCUT2D eigenvalue weighted by Crippen LogP contribution is -2.77. The van der Waals surface area contributed by atoms with Gasteiger partial charge in [-0.25, -0.2) is 0 Å². The molecule has 5 rings (SSSR count). The van der Waals surface area contributed by atoms with Crippen molar-refractivity contribution in [1.29, 1.82) is 0 Å². The summed E-state index contributed by atoms with van der Waals surface area (Å²) >= 11 is 0. The highest BCUT2D eigenvalue weighted by atomic mass is 16.6. The van der Waals surface area contributed by atoms with Crippen molar-refractivity contribution < 1.29 is 47.4 Å². The van der Waals surface area contributed by atoms with Gasteiger partial charge in [-0.1, -0.05) is 88.4 Å². The molecule has 61 heavy (non-hydrogen) atoms. The average Bonchev–Trinajstić information content (AvgIpc) is 3.57. The molecule has 0 spiro atoms. The third kappa shape index (κ3) is 7.51. The van der Waals surface area contributed by atoms with E-state index in [1.165, 1.54) is 12.5 Å². The molecule has 0 saturated heterocycles. The van der Waals surface area contributed by atoms with E-state index in [2.05, 4.69) is 75.5 Å². The van der Waals surface area contributed by atoms with Gasteiger partial charge in [0.05, 0.1) is 39.0 Å². The van der Waals surface area contributed by atoms with Crippen molar-refractivity contribution in [3.05, 3.63) is 131 Å². The van der Waals surface area contributed by atoms with E-state index in [-0.39, 0.29) is 26.4 Å². The molecule has 0 aromatic heterocycles. The summed E-state index contributed by atoms with van der Waals surface area (Å²) < 4.78 is 70.9. The van der Waals surface area contributed by atoms with Crippen LogP contribution in [-0.2, 0) is 52.8 Å². The van der Waals surface area contributed by atoms with E-state index in [9.17, 15) is 0 Å². The Morgan fingerprint density at radius 2 is 0.852 bits per heavy atom. The van der Waals surface area contributed by atoms with Gasteiger partial charge < -0.3 is 47.4 Å². The smallest absolute Gasteiger partial charge is 0.203 e. The van der Waals surface area contributed by atoms with Crippen molar-refractivity contribution in [3.63, 3.8) is 0 Å². The Labute approximate surface area is 365 Å². The molecule has 0 N–H and O–H groups in total. The number of rotatable bonds is 26. The lowest BCUT2D eigenvalue weighted by atomic mass is 9.48. The minimum Gasteiger partial charge on any atom is -0.491 e. The quantitative estimate of drug-likeness (QED) is 0.0853. The second-order valence-corrected chi connectivity index (χ2v) is 14.7. The van der Waals surface area contributed by atoms with Crippen LogP contribution in [0.1, 0.15) is 106 Å². The Morgan fingerprint density at radius 1 is 0.475 bits per heavy atom. The van der Waals surface area contributed by atoms with Gasteiger partial charge in [-0.05, 0) is 90.5 Å². The summed E-state index contributed by atoms with van der Waals surface area (Å²) in [6, 6.07) is 17.0. The second-order valence-electron chi connectivity index (χ2n) is 14.7. The molecule has 3 aliphatic rings. The standard InChI is InChI=1S/C51H70O10/c1-13-29-37-41(52-15-3)43(54-17-5)47(58-21-9)50(60-23-11,45(37)56-19-7)49(39-33-27-25-31-35(39)36-32-26-28-34-40(36)49)51(61-24-12)46(57-20-8)38(30-14-2)42(53-16-4)44(55-18-6)48(51)59-22-10/h15-16,25-28,31-34,45-46H,3-4,13-14,17-24,29-30H2,1-2,5-12H3. The van der Waals surface area contributed by atoms with E-state index in [1.807, 2.05) is 55.4 Å². The Bertz CT molecular complexity index is 1820. The molecule has 0 bridgehead atoms. The SMILES string of the molecule is C=COC1=C(CCC)C(OCC)C(OCC)(C2(C3(OCC)C(OCC)=C(OCC)C(OC=C)=C(CCC)C3OCC)c3ccccc3-c3ccccc32)C(OCC)=C1OCC. The van der Waals surface area contributed by atoms with Crippen LogP contribution in [0.3, 0.4) is 0 Å². The molecule has 10 nitrogen and oxygen atoms in total. The fraction of sp³-hybridized carbons (Fsp3) is 0.529. The van der Waals surface area contributed by atoms with Gasteiger partial charge in [0.1, 0.15) is 17.6 Å². The fourth-order valence-electron chi connectivity index (χ4n) is 10.2. The van der Waals surface area contributed by atoms with E-state index in [0.717, 1.165) is 46.2 Å². The minimum atomic E-state index is -1.64. The van der Waals surface area contributed by atoms with E-state index in [0.29, 0.717) is 73.8 Å². The summed E-state index contributed by atoms with van der Waals surface area (Å²) in [5.74, 6) is 2.59. The minimum absolute atomic E-state index is 0.235. The van der Waals surface area contributed by atoms with Crippen LogP contribution in [0, 0.1) is 0 Å². The summed E-state index contributed by atoms with van der Waals surface area (Å²) in [5, 5.41) is 0. The maximum atomic E-state index is 7.80. The molecular weight excluding hydrogens is 773 g/mol. The van der Waals surface area contributed by atoms with E-state index in [1.54, 1.807) is 0 Å². The number of hydrogen-bond acceptors (Lipinski definition) is 10. The normalized spacial score (nSPS) is 23.1. The molecule has 4 unspecified atom stereocenters. The highest BCUT2D eigenvalue weighted by molar-refractivity contribution is 5.85. The molecule has 0 aliphatic heterocycles. The van der Waals surface area contributed by atoms with Crippen molar-refractivity contribution in [2.45, 2.75) is 124 Å². The van der Waals surface area contributed by atoms with Gasteiger partial charge in [0.25, 0.3) is 0 Å². The Morgan fingerprint density at radius 3 is 1.16 bits per heavy atom. The van der Waals surface area contributed by atoms with Crippen LogP contribution in [0.2, 0.25) is 0 Å². The Kier molecular flexibility index (Phi) is 16.8. The van der Waals surface area contributed by atoms with Crippen molar-refractivity contribution >= 4 is 0 Å². The molecule has 3 aliphatic carbocycles. The molecule has 0 radical (unpaired) electrons.